The Balaban J connectivity index is 2.44. The highest BCUT2D eigenvalue weighted by Crippen LogP contribution is 2.26. The van der Waals surface area contributed by atoms with Crippen molar-refractivity contribution >= 4 is 56.6 Å². The van der Waals surface area contributed by atoms with E-state index in [4.69, 9.17) is 23.2 Å². The first-order valence-corrected chi connectivity index (χ1v) is 8.72. The average molecular weight is 379 g/mol. The Morgan fingerprint density at radius 2 is 1.83 bits per heavy atom. The van der Waals surface area contributed by atoms with Crippen LogP contribution in [0.4, 0.5) is 10.5 Å². The largest absolute Gasteiger partial charge is 0.500 e. The zero-order valence-electron chi connectivity index (χ0n) is 12.5. The third-order valence-electron chi connectivity index (χ3n) is 3.53. The molecule has 1 aromatic rings. The van der Waals surface area contributed by atoms with E-state index in [1.165, 1.54) is 39.2 Å². The Hall–Kier alpha value is -1.64. The van der Waals surface area contributed by atoms with Crippen LogP contribution >= 0.6 is 23.2 Å². The van der Waals surface area contributed by atoms with Gasteiger partial charge in [-0.2, -0.15) is 14.3 Å². The lowest BCUT2D eigenvalue weighted by Gasteiger charge is -2.23. The first-order chi connectivity index (χ1) is 10.6. The maximum Gasteiger partial charge on any atom is 0.500 e. The molecule has 0 bridgehead atoms. The van der Waals surface area contributed by atoms with Gasteiger partial charge in [0, 0.05) is 0 Å². The summed E-state index contributed by atoms with van der Waals surface area (Å²) in [6.45, 7) is 1.42. The Bertz CT molecular complexity index is 836. The number of carbonyl (C=O) groups is 2. The van der Waals surface area contributed by atoms with E-state index >= 15 is 0 Å². The molecule has 0 aliphatic carbocycles. The molecule has 1 aliphatic heterocycles. The highest BCUT2D eigenvalue weighted by Gasteiger charge is 2.50. The molecule has 1 atom stereocenters. The lowest BCUT2D eigenvalue weighted by Crippen LogP contribution is -2.57. The van der Waals surface area contributed by atoms with Crippen molar-refractivity contribution in [2.45, 2.75) is 12.2 Å². The van der Waals surface area contributed by atoms with Crippen LogP contribution in [0.25, 0.3) is 0 Å². The van der Waals surface area contributed by atoms with Crippen molar-refractivity contribution in [1.29, 1.82) is 0 Å². The average Bonchev–Trinajstić information content (AvgIpc) is 2.46. The van der Waals surface area contributed by atoms with E-state index in [0.717, 1.165) is 9.48 Å². The summed E-state index contributed by atoms with van der Waals surface area (Å²) in [5.41, 5.74) is 0.285. The van der Waals surface area contributed by atoms with Gasteiger partial charge in [0.15, 0.2) is 0 Å². The number of hydrogen-bond donors (Lipinski definition) is 1. The first-order valence-electron chi connectivity index (χ1n) is 6.41. The molecule has 0 aromatic heterocycles. The number of hydrogen-bond acceptors (Lipinski definition) is 4. The quantitative estimate of drug-likeness (QED) is 0.812. The topological polar surface area (TPSA) is 86.6 Å². The normalized spacial score (nSPS) is 19.3. The van der Waals surface area contributed by atoms with Crippen LogP contribution in [0.1, 0.15) is 6.92 Å². The molecule has 0 saturated heterocycles. The van der Waals surface area contributed by atoms with E-state index in [1.54, 1.807) is 0 Å². The number of urea groups is 1. The van der Waals surface area contributed by atoms with E-state index in [9.17, 15) is 18.0 Å². The SMILES string of the molecule is CC1=[N+](C)C(=O)N(C)C(=O)C1S(=O)(=O)Nc1ccc(Cl)c(Cl)c1. The molecule has 1 N–H and O–H groups in total. The van der Waals surface area contributed by atoms with Crippen molar-refractivity contribution in [3.63, 3.8) is 0 Å². The smallest absolute Gasteiger partial charge is 0.282 e. The van der Waals surface area contributed by atoms with Crippen LogP contribution in [0.2, 0.25) is 10.0 Å². The standard InChI is InChI=1S/C13H14Cl2N3O4S/c1-7-11(12(19)18(3)13(20)17(7)2)23(21,22)16-8-4-5-9(14)10(15)6-8/h4-6,11,16H,1-3H3/q+1. The molecule has 7 nitrogen and oxygen atoms in total. The zero-order chi connectivity index (χ0) is 17.5. The number of amides is 3. The van der Waals surface area contributed by atoms with Crippen molar-refractivity contribution in [3.8, 4) is 0 Å². The van der Waals surface area contributed by atoms with Gasteiger partial charge in [-0.3, -0.25) is 4.72 Å². The molecule has 0 fully saturated rings. The number of benzene rings is 1. The molecule has 0 saturated carbocycles. The molecule has 0 radical (unpaired) electrons. The number of nitrogens with one attached hydrogen (secondary N) is 1. The molecule has 124 valence electrons. The predicted molar refractivity (Wildman–Crippen MR) is 87.8 cm³/mol. The minimum atomic E-state index is -4.13. The molecule has 0 spiro atoms. The molecular weight excluding hydrogens is 365 g/mol. The summed E-state index contributed by atoms with van der Waals surface area (Å²) in [5, 5.41) is -1.06. The van der Waals surface area contributed by atoms with Crippen LogP contribution < -0.4 is 4.72 Å². The Kier molecular flexibility index (Phi) is 4.70. The minimum Gasteiger partial charge on any atom is -0.282 e. The number of halogens is 2. The van der Waals surface area contributed by atoms with Crippen molar-refractivity contribution < 1.29 is 22.6 Å². The summed E-state index contributed by atoms with van der Waals surface area (Å²) in [6.07, 6.45) is 0. The summed E-state index contributed by atoms with van der Waals surface area (Å²) in [4.78, 5) is 24.8. The lowest BCUT2D eigenvalue weighted by molar-refractivity contribution is -0.405. The van der Waals surface area contributed by atoms with E-state index in [0.29, 0.717) is 0 Å². The van der Waals surface area contributed by atoms with E-state index in [1.807, 2.05) is 0 Å². The van der Waals surface area contributed by atoms with Crippen LogP contribution in [0.5, 0.6) is 0 Å². The van der Waals surface area contributed by atoms with Crippen LogP contribution in [0.15, 0.2) is 18.2 Å². The van der Waals surface area contributed by atoms with Crippen LogP contribution in [-0.2, 0) is 14.8 Å². The van der Waals surface area contributed by atoms with Crippen LogP contribution in [-0.4, -0.2) is 54.9 Å². The number of sulfonamides is 1. The first kappa shape index (κ1) is 17.7. The summed E-state index contributed by atoms with van der Waals surface area (Å²) in [7, 11) is -1.49. The van der Waals surface area contributed by atoms with Crippen molar-refractivity contribution in [3.05, 3.63) is 28.2 Å². The second-order valence-electron chi connectivity index (χ2n) is 5.04. The fraction of sp³-hybridized carbons (Fsp3) is 0.308. The third kappa shape index (κ3) is 3.19. The molecule has 2 rings (SSSR count). The molecule has 3 amide bonds. The molecule has 10 heteroatoms. The van der Waals surface area contributed by atoms with Gasteiger partial charge in [-0.15, -0.1) is 0 Å². The fourth-order valence-electron chi connectivity index (χ4n) is 2.14. The molecule has 1 aromatic carbocycles. The summed E-state index contributed by atoms with van der Waals surface area (Å²) < 4.78 is 28.6. The van der Waals surface area contributed by atoms with Gasteiger partial charge in [0.2, 0.25) is 5.25 Å². The van der Waals surface area contributed by atoms with Crippen molar-refractivity contribution in [1.82, 2.24) is 4.90 Å². The number of rotatable bonds is 3. The molecule has 1 heterocycles. The summed E-state index contributed by atoms with van der Waals surface area (Å²) >= 11 is 11.6. The second kappa shape index (κ2) is 6.10. The number of imide groups is 1. The van der Waals surface area contributed by atoms with E-state index in [-0.39, 0.29) is 21.4 Å². The zero-order valence-corrected chi connectivity index (χ0v) is 14.8. The lowest BCUT2D eigenvalue weighted by atomic mass is 10.2. The predicted octanol–water partition coefficient (Wildman–Crippen LogP) is 1.80. The molecule has 1 unspecified atom stereocenters. The van der Waals surface area contributed by atoms with E-state index < -0.39 is 27.2 Å². The Morgan fingerprint density at radius 1 is 1.22 bits per heavy atom. The van der Waals surface area contributed by atoms with Gasteiger partial charge in [0.05, 0.1) is 29.8 Å². The van der Waals surface area contributed by atoms with Crippen LogP contribution in [0, 0.1) is 0 Å². The Morgan fingerprint density at radius 3 is 2.39 bits per heavy atom. The second-order valence-corrected chi connectivity index (χ2v) is 7.62. The van der Waals surface area contributed by atoms with Gasteiger partial charge in [-0.1, -0.05) is 23.2 Å². The number of carbonyl (C=O) groups excluding carboxylic acids is 2. The summed E-state index contributed by atoms with van der Waals surface area (Å²) in [5.74, 6) is -0.821. The van der Waals surface area contributed by atoms with Gasteiger partial charge in [0.25, 0.3) is 10.0 Å². The maximum absolute atomic E-state index is 12.6. The highest BCUT2D eigenvalue weighted by atomic mass is 35.5. The molecular formula is C13H14Cl2N3O4S+. The number of nitrogens with zero attached hydrogens (tertiary/aromatic N) is 2. The van der Waals surface area contributed by atoms with Gasteiger partial charge in [-0.25, -0.2) is 13.2 Å². The van der Waals surface area contributed by atoms with Crippen molar-refractivity contribution in [2.24, 2.45) is 0 Å². The summed E-state index contributed by atoms with van der Waals surface area (Å²) in [6, 6.07) is 3.60. The maximum atomic E-state index is 12.6. The minimum absolute atomic E-state index is 0.116. The molecule has 23 heavy (non-hydrogen) atoms. The van der Waals surface area contributed by atoms with E-state index in [2.05, 4.69) is 4.72 Å². The van der Waals surface area contributed by atoms with Gasteiger partial charge in [0.1, 0.15) is 5.71 Å². The third-order valence-corrected chi connectivity index (χ3v) is 5.95. The molecule has 1 aliphatic rings. The fourth-order valence-corrected chi connectivity index (χ4v) is 4.04. The van der Waals surface area contributed by atoms with Gasteiger partial charge >= 0.3 is 11.9 Å². The number of anilines is 1. The Labute approximate surface area is 143 Å². The van der Waals surface area contributed by atoms with Crippen LogP contribution in [0.3, 0.4) is 0 Å². The monoisotopic (exact) mass is 378 g/mol. The highest BCUT2D eigenvalue weighted by molar-refractivity contribution is 7.94. The van der Waals surface area contributed by atoms with Gasteiger partial charge < -0.3 is 0 Å². The van der Waals surface area contributed by atoms with Crippen molar-refractivity contribution in [2.75, 3.05) is 18.8 Å². The van der Waals surface area contributed by atoms with Gasteiger partial charge in [-0.05, 0) is 25.1 Å².